The van der Waals surface area contributed by atoms with Crippen LogP contribution in [0.1, 0.15) is 40.7 Å². The maximum atomic E-state index is 12.7. The molecule has 2 aromatic heterocycles. The van der Waals surface area contributed by atoms with Gasteiger partial charge in [0.1, 0.15) is 9.71 Å². The van der Waals surface area contributed by atoms with Crippen molar-refractivity contribution in [3.63, 3.8) is 0 Å². The molecule has 134 valence electrons. The van der Waals surface area contributed by atoms with Crippen molar-refractivity contribution in [2.24, 2.45) is 5.92 Å². The van der Waals surface area contributed by atoms with Crippen LogP contribution in [0.2, 0.25) is 0 Å². The van der Waals surface area contributed by atoms with E-state index in [4.69, 9.17) is 10.7 Å². The summed E-state index contributed by atoms with van der Waals surface area (Å²) < 4.78 is 0.969. The number of aryl methyl sites for hydroxylation is 1. The molecule has 4 rings (SSSR count). The van der Waals surface area contributed by atoms with Gasteiger partial charge in [-0.1, -0.05) is 29.3 Å². The molecule has 0 radical (unpaired) electrons. The zero-order valence-corrected chi connectivity index (χ0v) is 16.9. The fraction of sp³-hybridized carbons (Fsp3) is 0.300. The molecule has 1 aliphatic carbocycles. The van der Waals surface area contributed by atoms with Crippen LogP contribution in [-0.2, 0) is 12.8 Å². The average molecular weight is 430 g/mol. The maximum Gasteiger partial charge on any atom is 0.267 e. The number of nitrogens with two attached hydrogens (primary N) is 1. The SMILES string of the molecule is CC[C@H]1CCc2nc3sc(C(=O)Nc4ccc(Br)cc4)c(N)c3cc2C1. The number of rotatable bonds is 3. The predicted octanol–water partition coefficient (Wildman–Crippen LogP) is 5.41. The summed E-state index contributed by atoms with van der Waals surface area (Å²) in [6.45, 7) is 2.24. The second-order valence-electron chi connectivity index (χ2n) is 6.77. The van der Waals surface area contributed by atoms with E-state index in [0.717, 1.165) is 39.1 Å². The van der Waals surface area contributed by atoms with Crippen molar-refractivity contribution in [3.05, 3.63) is 50.9 Å². The molecular weight excluding hydrogens is 410 g/mol. The maximum absolute atomic E-state index is 12.7. The molecule has 1 aliphatic rings. The lowest BCUT2D eigenvalue weighted by Gasteiger charge is -2.22. The summed E-state index contributed by atoms with van der Waals surface area (Å²) in [6.07, 6.45) is 4.46. The summed E-state index contributed by atoms with van der Waals surface area (Å²) in [5.74, 6) is 0.541. The van der Waals surface area contributed by atoms with Gasteiger partial charge in [-0.15, -0.1) is 11.3 Å². The Bertz CT molecular complexity index is 981. The zero-order valence-electron chi connectivity index (χ0n) is 14.5. The van der Waals surface area contributed by atoms with Crippen LogP contribution in [0.5, 0.6) is 0 Å². The van der Waals surface area contributed by atoms with Gasteiger partial charge in [-0.3, -0.25) is 4.79 Å². The second kappa shape index (κ2) is 7.00. The van der Waals surface area contributed by atoms with Crippen LogP contribution in [0.25, 0.3) is 10.2 Å². The number of thiophene rings is 1. The lowest BCUT2D eigenvalue weighted by Crippen LogP contribution is -2.14. The van der Waals surface area contributed by atoms with Gasteiger partial charge in [-0.05, 0) is 61.1 Å². The van der Waals surface area contributed by atoms with Gasteiger partial charge in [-0.2, -0.15) is 0 Å². The number of nitrogens with zero attached hydrogens (tertiary/aromatic N) is 1. The standard InChI is InChI=1S/C20H20BrN3OS/c1-2-11-3-8-16-12(9-11)10-15-17(22)18(26-20(15)24-16)19(25)23-14-6-4-13(21)5-7-14/h4-7,10-11H,2-3,8-9,22H2,1H3,(H,23,25)/t11-/m0/s1. The van der Waals surface area contributed by atoms with E-state index in [1.807, 2.05) is 24.3 Å². The minimum atomic E-state index is -0.183. The topological polar surface area (TPSA) is 68.0 Å². The Morgan fingerprint density at radius 2 is 2.15 bits per heavy atom. The molecule has 0 saturated carbocycles. The first-order valence-electron chi connectivity index (χ1n) is 8.82. The lowest BCUT2D eigenvalue weighted by atomic mass is 9.85. The fourth-order valence-electron chi connectivity index (χ4n) is 3.50. The van der Waals surface area contributed by atoms with Crippen molar-refractivity contribution in [1.29, 1.82) is 0 Å². The molecule has 2 heterocycles. The number of pyridine rings is 1. The van der Waals surface area contributed by atoms with Crippen LogP contribution in [-0.4, -0.2) is 10.9 Å². The van der Waals surface area contributed by atoms with Gasteiger partial charge >= 0.3 is 0 Å². The van der Waals surface area contributed by atoms with Gasteiger partial charge in [0.05, 0.1) is 5.69 Å². The number of amides is 1. The number of carbonyl (C=O) groups excluding carboxylic acids is 1. The van der Waals surface area contributed by atoms with Crippen LogP contribution < -0.4 is 11.1 Å². The molecule has 0 aliphatic heterocycles. The number of hydrogen-bond acceptors (Lipinski definition) is 4. The highest BCUT2D eigenvalue weighted by Gasteiger charge is 2.23. The number of benzene rings is 1. The van der Waals surface area contributed by atoms with Crippen LogP contribution >= 0.6 is 27.3 Å². The Labute approximate surface area is 164 Å². The highest BCUT2D eigenvalue weighted by molar-refractivity contribution is 9.10. The predicted molar refractivity (Wildman–Crippen MR) is 112 cm³/mol. The molecule has 1 amide bonds. The number of nitrogen functional groups attached to an aromatic ring is 1. The molecular formula is C20H20BrN3OS. The normalized spacial score (nSPS) is 16.5. The first-order valence-corrected chi connectivity index (χ1v) is 10.4. The third-order valence-electron chi connectivity index (χ3n) is 5.07. The Morgan fingerprint density at radius 3 is 2.88 bits per heavy atom. The first-order chi connectivity index (χ1) is 12.5. The molecule has 26 heavy (non-hydrogen) atoms. The van der Waals surface area contributed by atoms with Crippen LogP contribution in [0.15, 0.2) is 34.8 Å². The Balaban J connectivity index is 1.67. The van der Waals surface area contributed by atoms with Crippen LogP contribution in [0, 0.1) is 5.92 Å². The summed E-state index contributed by atoms with van der Waals surface area (Å²) in [4.78, 5) is 18.9. The number of aromatic nitrogens is 1. The number of nitrogens with one attached hydrogen (secondary N) is 1. The molecule has 0 bridgehead atoms. The molecule has 1 aromatic carbocycles. The van der Waals surface area contributed by atoms with E-state index in [1.54, 1.807) is 0 Å². The Hall–Kier alpha value is -1.92. The number of anilines is 2. The average Bonchev–Trinajstić information content (AvgIpc) is 2.97. The highest BCUT2D eigenvalue weighted by atomic mass is 79.9. The van der Waals surface area contributed by atoms with Crippen LogP contribution in [0.3, 0.4) is 0 Å². The van der Waals surface area contributed by atoms with Crippen molar-refractivity contribution >= 4 is 54.8 Å². The summed E-state index contributed by atoms with van der Waals surface area (Å²) in [6, 6.07) is 9.65. The largest absolute Gasteiger partial charge is 0.397 e. The molecule has 4 nitrogen and oxygen atoms in total. The molecule has 1 atom stereocenters. The zero-order chi connectivity index (χ0) is 18.3. The van der Waals surface area contributed by atoms with E-state index >= 15 is 0 Å². The highest BCUT2D eigenvalue weighted by Crippen LogP contribution is 2.37. The van der Waals surface area contributed by atoms with E-state index in [1.165, 1.54) is 35.4 Å². The van der Waals surface area contributed by atoms with E-state index in [0.29, 0.717) is 10.6 Å². The Morgan fingerprint density at radius 1 is 1.38 bits per heavy atom. The van der Waals surface area contributed by atoms with Gasteiger partial charge in [0.2, 0.25) is 0 Å². The van der Waals surface area contributed by atoms with Gasteiger partial charge in [0.25, 0.3) is 5.91 Å². The molecule has 3 N–H and O–H groups in total. The summed E-state index contributed by atoms with van der Waals surface area (Å²) in [5, 5.41) is 3.82. The third kappa shape index (κ3) is 3.23. The minimum absolute atomic E-state index is 0.183. The van der Waals surface area contributed by atoms with Crippen molar-refractivity contribution in [1.82, 2.24) is 4.98 Å². The van der Waals surface area contributed by atoms with Crippen molar-refractivity contribution in [3.8, 4) is 0 Å². The molecule has 0 fully saturated rings. The minimum Gasteiger partial charge on any atom is -0.397 e. The summed E-state index contributed by atoms with van der Waals surface area (Å²) >= 11 is 4.77. The van der Waals surface area contributed by atoms with Crippen molar-refractivity contribution in [2.75, 3.05) is 11.1 Å². The van der Waals surface area contributed by atoms with Gasteiger partial charge < -0.3 is 11.1 Å². The quantitative estimate of drug-likeness (QED) is 0.584. The molecule has 0 spiro atoms. The van der Waals surface area contributed by atoms with Gasteiger partial charge in [0.15, 0.2) is 0 Å². The molecule has 0 saturated heterocycles. The van der Waals surface area contributed by atoms with E-state index in [9.17, 15) is 4.79 Å². The monoisotopic (exact) mass is 429 g/mol. The number of halogens is 1. The van der Waals surface area contributed by atoms with E-state index < -0.39 is 0 Å². The fourth-order valence-corrected chi connectivity index (χ4v) is 4.76. The third-order valence-corrected chi connectivity index (χ3v) is 6.72. The van der Waals surface area contributed by atoms with Gasteiger partial charge in [-0.25, -0.2) is 4.98 Å². The van der Waals surface area contributed by atoms with Crippen molar-refractivity contribution < 1.29 is 4.79 Å². The summed E-state index contributed by atoms with van der Waals surface area (Å²) in [5.41, 5.74) is 10.1. The smallest absolute Gasteiger partial charge is 0.267 e. The molecule has 0 unspecified atom stereocenters. The second-order valence-corrected chi connectivity index (χ2v) is 8.68. The number of fused-ring (bicyclic) bond motifs is 2. The van der Waals surface area contributed by atoms with Gasteiger partial charge in [0, 0.05) is 21.2 Å². The Kier molecular flexibility index (Phi) is 4.71. The summed E-state index contributed by atoms with van der Waals surface area (Å²) in [7, 11) is 0. The van der Waals surface area contributed by atoms with Crippen molar-refractivity contribution in [2.45, 2.75) is 32.6 Å². The molecule has 3 aromatic rings. The van der Waals surface area contributed by atoms with Crippen LogP contribution in [0.4, 0.5) is 11.4 Å². The van der Waals surface area contributed by atoms with E-state index in [2.05, 4.69) is 34.2 Å². The number of hydrogen-bond donors (Lipinski definition) is 2. The first kappa shape index (κ1) is 17.5. The lowest BCUT2D eigenvalue weighted by molar-refractivity contribution is 0.103. The van der Waals surface area contributed by atoms with E-state index in [-0.39, 0.29) is 5.91 Å². The molecule has 6 heteroatoms. The number of carbonyl (C=O) groups is 1.